The van der Waals surface area contributed by atoms with Crippen LogP contribution in [-0.4, -0.2) is 72.7 Å². The van der Waals surface area contributed by atoms with E-state index in [1.165, 1.54) is 14.0 Å². The van der Waals surface area contributed by atoms with Gasteiger partial charge in [-0.1, -0.05) is 27.7 Å². The van der Waals surface area contributed by atoms with E-state index in [0.717, 1.165) is 13.0 Å². The summed E-state index contributed by atoms with van der Waals surface area (Å²) in [6.45, 7) is 9.46. The van der Waals surface area contributed by atoms with Crippen LogP contribution in [0.25, 0.3) is 0 Å². The van der Waals surface area contributed by atoms with Crippen molar-refractivity contribution >= 4 is 36.1 Å². The van der Waals surface area contributed by atoms with Gasteiger partial charge >= 0.3 is 5.97 Å². The van der Waals surface area contributed by atoms with E-state index in [9.17, 15) is 24.3 Å². The highest BCUT2D eigenvalue weighted by molar-refractivity contribution is 5.94. The van der Waals surface area contributed by atoms with Gasteiger partial charge in [0.25, 0.3) is 0 Å². The van der Waals surface area contributed by atoms with E-state index in [0.29, 0.717) is 12.8 Å². The molecule has 1 heterocycles. The molecule has 0 unspecified atom stereocenters. The van der Waals surface area contributed by atoms with Crippen LogP contribution in [-0.2, 0) is 23.9 Å². The Morgan fingerprint density at radius 2 is 1.59 bits per heavy atom. The van der Waals surface area contributed by atoms with Crippen LogP contribution in [0.2, 0.25) is 0 Å². The van der Waals surface area contributed by atoms with Crippen molar-refractivity contribution < 1.29 is 29.0 Å². The molecule has 1 rings (SSSR count). The van der Waals surface area contributed by atoms with Crippen molar-refractivity contribution in [3.05, 3.63) is 0 Å². The van der Waals surface area contributed by atoms with Crippen LogP contribution in [0.1, 0.15) is 53.9 Å². The molecule has 0 aromatic heterocycles. The molecule has 10 nitrogen and oxygen atoms in total. The fourth-order valence-corrected chi connectivity index (χ4v) is 3.43. The van der Waals surface area contributed by atoms with Gasteiger partial charge in [0.05, 0.1) is 19.3 Å². The third-order valence-electron chi connectivity index (χ3n) is 5.20. The Bertz CT molecular complexity index is 638. The largest absolute Gasteiger partial charge is 0.467 e. The lowest BCUT2D eigenvalue weighted by molar-refractivity contribution is -0.146. The van der Waals surface area contributed by atoms with Crippen LogP contribution in [0.4, 0.5) is 0 Å². The van der Waals surface area contributed by atoms with Gasteiger partial charge in [-0.05, 0) is 44.6 Å². The zero-order chi connectivity index (χ0) is 23.7. The standard InChI is InChI=1S/C21H38N4O6.ClH/c1-11(2)10-15(21(30)31-6)23-20(29)17(13(5)26)25-19(28)16(12(3)4)24-18(27)14-8-7-9-22-14;/h11-17,22,26H,7-10H2,1-6H3,(H,23,29)(H,24,27)(H,25,28);1H/t13-,14+,15+,16+,17+;/m1./s1. The lowest BCUT2D eigenvalue weighted by Crippen LogP contribution is -2.60. The van der Waals surface area contributed by atoms with E-state index >= 15 is 0 Å². The molecule has 1 aliphatic heterocycles. The first-order valence-corrected chi connectivity index (χ1v) is 10.9. The van der Waals surface area contributed by atoms with Gasteiger partial charge in [-0.25, -0.2) is 4.79 Å². The Kier molecular flexibility index (Phi) is 13.4. The number of esters is 1. The lowest BCUT2D eigenvalue weighted by Gasteiger charge is -2.28. The second kappa shape index (κ2) is 14.3. The van der Waals surface area contributed by atoms with Crippen molar-refractivity contribution in [2.75, 3.05) is 13.7 Å². The van der Waals surface area contributed by atoms with Gasteiger partial charge in [0.2, 0.25) is 17.7 Å². The molecule has 0 saturated carbocycles. The predicted octanol–water partition coefficient (Wildman–Crippen LogP) is -0.129. The number of hydrogen-bond donors (Lipinski definition) is 5. The average Bonchev–Trinajstić information content (AvgIpc) is 3.22. The van der Waals surface area contributed by atoms with Gasteiger partial charge < -0.3 is 31.1 Å². The molecule has 0 spiro atoms. The Labute approximate surface area is 196 Å². The Balaban J connectivity index is 0.00000961. The third kappa shape index (κ3) is 9.30. The molecular weight excluding hydrogens is 440 g/mol. The minimum absolute atomic E-state index is 0. The van der Waals surface area contributed by atoms with Crippen molar-refractivity contribution in [2.24, 2.45) is 11.8 Å². The zero-order valence-electron chi connectivity index (χ0n) is 19.8. The first-order chi connectivity index (χ1) is 14.5. The smallest absolute Gasteiger partial charge is 0.328 e. The first kappa shape index (κ1) is 30.1. The number of carbonyl (C=O) groups excluding carboxylic acids is 4. The molecule has 1 fully saturated rings. The van der Waals surface area contributed by atoms with E-state index in [2.05, 4.69) is 21.3 Å². The van der Waals surface area contributed by atoms with Gasteiger partial charge in [0.15, 0.2) is 0 Å². The molecule has 0 bridgehead atoms. The number of nitrogens with one attached hydrogen (secondary N) is 4. The van der Waals surface area contributed by atoms with E-state index in [1.54, 1.807) is 13.8 Å². The summed E-state index contributed by atoms with van der Waals surface area (Å²) in [5.41, 5.74) is 0. The molecule has 0 aliphatic carbocycles. The minimum atomic E-state index is -1.30. The summed E-state index contributed by atoms with van der Waals surface area (Å²) in [7, 11) is 1.23. The van der Waals surface area contributed by atoms with Gasteiger partial charge in [-0.2, -0.15) is 0 Å². The van der Waals surface area contributed by atoms with Gasteiger partial charge in [-0.3, -0.25) is 14.4 Å². The predicted molar refractivity (Wildman–Crippen MR) is 122 cm³/mol. The van der Waals surface area contributed by atoms with Crippen molar-refractivity contribution in [1.82, 2.24) is 21.3 Å². The van der Waals surface area contributed by atoms with E-state index < -0.39 is 42.0 Å². The van der Waals surface area contributed by atoms with Crippen LogP contribution in [0.3, 0.4) is 0 Å². The molecule has 0 aromatic rings. The summed E-state index contributed by atoms with van der Waals surface area (Å²) in [6.07, 6.45) is 0.708. The maximum atomic E-state index is 12.9. The number of hydrogen-bond acceptors (Lipinski definition) is 7. The van der Waals surface area contributed by atoms with Crippen molar-refractivity contribution in [3.63, 3.8) is 0 Å². The molecule has 32 heavy (non-hydrogen) atoms. The molecule has 5 atom stereocenters. The van der Waals surface area contributed by atoms with Crippen molar-refractivity contribution in [2.45, 2.75) is 84.2 Å². The summed E-state index contributed by atoms with van der Waals surface area (Å²) in [5.74, 6) is -2.30. The normalized spacial score (nSPS) is 19.3. The van der Waals surface area contributed by atoms with E-state index in [4.69, 9.17) is 4.74 Å². The number of ether oxygens (including phenoxy) is 1. The second-order valence-electron chi connectivity index (χ2n) is 8.82. The number of aliphatic hydroxyl groups excluding tert-OH is 1. The Hall–Kier alpha value is -1.91. The van der Waals surface area contributed by atoms with Gasteiger partial charge in [0.1, 0.15) is 18.1 Å². The van der Waals surface area contributed by atoms with Crippen molar-refractivity contribution in [3.8, 4) is 0 Å². The van der Waals surface area contributed by atoms with Crippen LogP contribution in [0, 0.1) is 11.8 Å². The molecule has 0 aromatic carbocycles. The summed E-state index contributed by atoms with van der Waals surface area (Å²) in [6, 6.07) is -3.42. The number of rotatable bonds is 11. The summed E-state index contributed by atoms with van der Waals surface area (Å²) >= 11 is 0. The van der Waals surface area contributed by atoms with E-state index in [-0.39, 0.29) is 36.2 Å². The number of halogens is 1. The highest BCUT2D eigenvalue weighted by atomic mass is 35.5. The first-order valence-electron chi connectivity index (χ1n) is 10.9. The molecule has 186 valence electrons. The van der Waals surface area contributed by atoms with Crippen molar-refractivity contribution in [1.29, 1.82) is 0 Å². The fraction of sp³-hybridized carbons (Fsp3) is 0.810. The highest BCUT2D eigenvalue weighted by Gasteiger charge is 2.34. The monoisotopic (exact) mass is 478 g/mol. The zero-order valence-corrected chi connectivity index (χ0v) is 20.6. The molecule has 3 amide bonds. The Morgan fingerprint density at radius 1 is 1.00 bits per heavy atom. The van der Waals surface area contributed by atoms with Crippen LogP contribution in [0.15, 0.2) is 0 Å². The Morgan fingerprint density at radius 3 is 2.03 bits per heavy atom. The van der Waals surface area contributed by atoms with E-state index in [1.807, 2.05) is 13.8 Å². The molecule has 5 N–H and O–H groups in total. The number of carbonyl (C=O) groups is 4. The maximum Gasteiger partial charge on any atom is 0.328 e. The molecule has 1 saturated heterocycles. The number of aliphatic hydroxyl groups is 1. The average molecular weight is 479 g/mol. The topological polar surface area (TPSA) is 146 Å². The summed E-state index contributed by atoms with van der Waals surface area (Å²) in [4.78, 5) is 50.1. The quantitative estimate of drug-likeness (QED) is 0.260. The molecule has 11 heteroatoms. The minimum Gasteiger partial charge on any atom is -0.467 e. The maximum absolute atomic E-state index is 12.9. The lowest BCUT2D eigenvalue weighted by atomic mass is 10.0. The molecule has 1 aliphatic rings. The molecular formula is C21H39ClN4O6. The molecule has 0 radical (unpaired) electrons. The van der Waals surface area contributed by atoms with Crippen LogP contribution in [0.5, 0.6) is 0 Å². The van der Waals surface area contributed by atoms with Crippen LogP contribution >= 0.6 is 12.4 Å². The van der Waals surface area contributed by atoms with Gasteiger partial charge in [0, 0.05) is 0 Å². The number of amides is 3. The number of methoxy groups -OCH3 is 1. The highest BCUT2D eigenvalue weighted by Crippen LogP contribution is 2.10. The summed E-state index contributed by atoms with van der Waals surface area (Å²) in [5, 5.41) is 21.0. The SMILES string of the molecule is COC(=O)[C@H](CC(C)C)NC(=O)[C@@H](NC(=O)[C@@H](NC(=O)[C@@H]1CCCN1)C(C)C)[C@@H](C)O.Cl. The fourth-order valence-electron chi connectivity index (χ4n) is 3.43. The van der Waals surface area contributed by atoms with Crippen LogP contribution < -0.4 is 21.3 Å². The second-order valence-corrected chi connectivity index (χ2v) is 8.82. The summed E-state index contributed by atoms with van der Waals surface area (Å²) < 4.78 is 4.74. The third-order valence-corrected chi connectivity index (χ3v) is 5.20. The van der Waals surface area contributed by atoms with Gasteiger partial charge in [-0.15, -0.1) is 12.4 Å².